The number of fused-ring (bicyclic) bond motifs is 1. The Morgan fingerprint density at radius 3 is 2.14 bits per heavy atom. The summed E-state index contributed by atoms with van der Waals surface area (Å²) in [7, 11) is 0. The van der Waals surface area contributed by atoms with E-state index in [-0.39, 0.29) is 0 Å². The molecule has 0 unspecified atom stereocenters. The second-order valence-electron chi connectivity index (χ2n) is 6.79. The number of para-hydroxylation sites is 1. The Bertz CT molecular complexity index is 1280. The van der Waals surface area contributed by atoms with Crippen LogP contribution in [0.5, 0.6) is 0 Å². The van der Waals surface area contributed by atoms with E-state index in [0.29, 0.717) is 15.8 Å². The zero-order chi connectivity index (χ0) is 20.2. The molecule has 0 radical (unpaired) electrons. The lowest BCUT2D eigenvalue weighted by Crippen LogP contribution is -2.25. The summed E-state index contributed by atoms with van der Waals surface area (Å²) >= 11 is 1.35. The Morgan fingerprint density at radius 1 is 0.828 bits per heavy atom. The second kappa shape index (κ2) is 8.24. The summed E-state index contributed by atoms with van der Waals surface area (Å²) in [6.45, 7) is 4.09. The van der Waals surface area contributed by atoms with Gasteiger partial charge in [0.1, 0.15) is 4.67 Å². The fourth-order valence-corrected chi connectivity index (χ4v) is 3.61. The monoisotopic (exact) mass is 399 g/mol. The molecule has 0 bridgehead atoms. The average Bonchev–Trinajstić information content (AvgIpc) is 2.85. The van der Waals surface area contributed by atoms with Gasteiger partial charge in [0.05, 0.1) is 15.9 Å². The van der Waals surface area contributed by atoms with E-state index in [9.17, 15) is 0 Å². The highest BCUT2D eigenvalue weighted by atomic mass is 32.1. The fraction of sp³-hybridized carbons (Fsp3) is 0.0870. The zero-order valence-electron chi connectivity index (χ0n) is 16.2. The van der Waals surface area contributed by atoms with Crippen LogP contribution >= 0.6 is 11.3 Å². The number of nitrogens with zero attached hydrogens (tertiary/aromatic N) is 2. The van der Waals surface area contributed by atoms with Crippen LogP contribution in [0.1, 0.15) is 11.1 Å². The minimum Gasteiger partial charge on any atom is -0.338 e. The van der Waals surface area contributed by atoms with Gasteiger partial charge in [-0.1, -0.05) is 47.5 Å². The van der Waals surface area contributed by atoms with Crippen molar-refractivity contribution in [3.8, 4) is 0 Å². The molecule has 0 aliphatic carbocycles. The first-order chi connectivity index (χ1) is 14.1. The van der Waals surface area contributed by atoms with Gasteiger partial charge in [-0.25, -0.2) is 4.98 Å². The van der Waals surface area contributed by atoms with Gasteiger partial charge in [0, 0.05) is 5.69 Å². The van der Waals surface area contributed by atoms with Crippen LogP contribution in [-0.2, 0) is 0 Å². The maximum absolute atomic E-state index is 8.62. The predicted molar refractivity (Wildman–Crippen MR) is 120 cm³/mol. The Kier molecular flexibility index (Phi) is 5.35. The van der Waals surface area contributed by atoms with E-state index in [2.05, 4.69) is 15.8 Å². The molecule has 1 aromatic heterocycles. The first-order valence-electron chi connectivity index (χ1n) is 9.27. The SMILES string of the molecule is Cc1ccc(N/N=c2/c(Nc3ccc(C)cc3)nc3ccccc3sc2=N)cc1. The highest BCUT2D eigenvalue weighted by Crippen LogP contribution is 2.16. The Balaban J connectivity index is 1.86. The molecule has 1 heterocycles. The molecular formula is C23H21N5S. The van der Waals surface area contributed by atoms with Crippen LogP contribution in [0.25, 0.3) is 10.2 Å². The van der Waals surface area contributed by atoms with Crippen molar-refractivity contribution in [1.82, 2.24) is 4.98 Å². The van der Waals surface area contributed by atoms with E-state index in [1.165, 1.54) is 22.5 Å². The predicted octanol–water partition coefficient (Wildman–Crippen LogP) is 5.06. The first kappa shape index (κ1) is 18.8. The number of benzene rings is 3. The number of aryl methyl sites for hydroxylation is 2. The van der Waals surface area contributed by atoms with Crippen LogP contribution in [0.4, 0.5) is 17.2 Å². The lowest BCUT2D eigenvalue weighted by molar-refractivity contribution is 1.14. The number of rotatable bonds is 4. The molecular weight excluding hydrogens is 378 g/mol. The summed E-state index contributed by atoms with van der Waals surface area (Å²) in [4.78, 5) is 4.79. The summed E-state index contributed by atoms with van der Waals surface area (Å²) in [5.74, 6) is 0.538. The maximum atomic E-state index is 8.62. The molecule has 0 amide bonds. The Morgan fingerprint density at radius 2 is 1.45 bits per heavy atom. The van der Waals surface area contributed by atoms with Crippen LogP contribution in [0.2, 0.25) is 0 Å². The van der Waals surface area contributed by atoms with Gasteiger partial charge in [0.25, 0.3) is 0 Å². The summed E-state index contributed by atoms with van der Waals surface area (Å²) in [6.07, 6.45) is 0. The molecule has 0 aliphatic heterocycles. The van der Waals surface area contributed by atoms with E-state index in [1.54, 1.807) is 0 Å². The molecule has 4 rings (SSSR count). The molecule has 3 N–H and O–H groups in total. The summed E-state index contributed by atoms with van der Waals surface area (Å²) in [5.41, 5.74) is 8.00. The average molecular weight is 400 g/mol. The lowest BCUT2D eigenvalue weighted by atomic mass is 10.2. The highest BCUT2D eigenvalue weighted by Gasteiger charge is 2.05. The quantitative estimate of drug-likeness (QED) is 0.420. The van der Waals surface area contributed by atoms with Crippen molar-refractivity contribution in [2.24, 2.45) is 5.10 Å². The Labute approximate surface area is 172 Å². The third kappa shape index (κ3) is 4.50. The van der Waals surface area contributed by atoms with Crippen molar-refractivity contribution in [3.05, 3.63) is 94.0 Å². The number of nitrogens with one attached hydrogen (secondary N) is 3. The van der Waals surface area contributed by atoms with Gasteiger partial charge >= 0.3 is 0 Å². The summed E-state index contributed by atoms with van der Waals surface area (Å²) in [5, 5.41) is 17.0. The van der Waals surface area contributed by atoms with Gasteiger partial charge in [-0.2, -0.15) is 5.10 Å². The van der Waals surface area contributed by atoms with Gasteiger partial charge in [-0.05, 0) is 50.2 Å². The van der Waals surface area contributed by atoms with Crippen molar-refractivity contribution in [3.63, 3.8) is 0 Å². The molecule has 0 aliphatic rings. The minimum absolute atomic E-state index is 0.327. The lowest BCUT2D eigenvalue weighted by Gasteiger charge is -2.05. The smallest absolute Gasteiger partial charge is 0.162 e. The number of hydrogen-bond acceptors (Lipinski definition) is 6. The van der Waals surface area contributed by atoms with E-state index >= 15 is 0 Å². The molecule has 0 spiro atoms. The fourth-order valence-electron chi connectivity index (χ4n) is 2.79. The molecule has 4 aromatic rings. The number of anilines is 3. The van der Waals surface area contributed by atoms with Gasteiger partial charge in [0.2, 0.25) is 0 Å². The minimum atomic E-state index is 0.327. The van der Waals surface area contributed by atoms with Crippen molar-refractivity contribution in [2.75, 3.05) is 10.7 Å². The normalized spacial score (nSPS) is 11.4. The molecule has 144 valence electrons. The summed E-state index contributed by atoms with van der Waals surface area (Å²) < 4.78 is 1.26. The molecule has 5 nitrogen and oxygen atoms in total. The van der Waals surface area contributed by atoms with Crippen LogP contribution in [-0.4, -0.2) is 4.98 Å². The third-order valence-electron chi connectivity index (χ3n) is 4.41. The molecule has 0 atom stereocenters. The van der Waals surface area contributed by atoms with Crippen LogP contribution < -0.4 is 20.8 Å². The summed E-state index contributed by atoms with van der Waals surface area (Å²) in [6, 6.07) is 23.8. The topological polar surface area (TPSA) is 73.2 Å². The van der Waals surface area contributed by atoms with Gasteiger partial charge in [-0.3, -0.25) is 10.8 Å². The van der Waals surface area contributed by atoms with Crippen molar-refractivity contribution in [1.29, 1.82) is 5.41 Å². The molecule has 0 fully saturated rings. The molecule has 29 heavy (non-hydrogen) atoms. The molecule has 0 saturated heterocycles. The van der Waals surface area contributed by atoms with E-state index in [0.717, 1.165) is 21.6 Å². The van der Waals surface area contributed by atoms with Crippen molar-refractivity contribution < 1.29 is 0 Å². The number of aromatic nitrogens is 1. The maximum Gasteiger partial charge on any atom is 0.162 e. The standard InChI is InChI=1S/C23H21N5S/c1-15-7-11-17(12-8-15)25-23-21(28-27-18-13-9-16(2)10-14-18)22(24)29-20-6-4-3-5-19(20)26-23/h3-14,24,27H,1-2H3,(H,25,26)/b24-22?,28-21+. The van der Waals surface area contributed by atoms with Crippen LogP contribution in [0.3, 0.4) is 0 Å². The number of hydrogen-bond donors (Lipinski definition) is 3. The van der Waals surface area contributed by atoms with Crippen molar-refractivity contribution >= 4 is 38.7 Å². The second-order valence-corrected chi connectivity index (χ2v) is 7.84. The first-order valence-corrected chi connectivity index (χ1v) is 10.1. The Hall–Kier alpha value is -3.51. The largest absolute Gasteiger partial charge is 0.338 e. The zero-order valence-corrected chi connectivity index (χ0v) is 17.0. The molecule has 3 aromatic carbocycles. The molecule has 6 heteroatoms. The van der Waals surface area contributed by atoms with E-state index < -0.39 is 0 Å². The highest BCUT2D eigenvalue weighted by molar-refractivity contribution is 7.15. The van der Waals surface area contributed by atoms with Gasteiger partial charge in [-0.15, -0.1) is 11.3 Å². The van der Waals surface area contributed by atoms with E-state index in [1.807, 2.05) is 86.6 Å². The molecule has 0 saturated carbocycles. The van der Waals surface area contributed by atoms with Crippen LogP contribution in [0, 0.1) is 19.3 Å². The van der Waals surface area contributed by atoms with Gasteiger partial charge < -0.3 is 5.32 Å². The van der Waals surface area contributed by atoms with Crippen LogP contribution in [0.15, 0.2) is 77.9 Å². The third-order valence-corrected chi connectivity index (χ3v) is 5.37. The van der Waals surface area contributed by atoms with Crippen molar-refractivity contribution in [2.45, 2.75) is 13.8 Å². The van der Waals surface area contributed by atoms with E-state index in [4.69, 9.17) is 10.4 Å². The van der Waals surface area contributed by atoms with Gasteiger partial charge in [0.15, 0.2) is 11.2 Å².